The van der Waals surface area contributed by atoms with Crippen molar-refractivity contribution < 1.29 is 9.59 Å². The molecule has 2 amide bonds. The first-order valence-corrected chi connectivity index (χ1v) is 7.31. The topological polar surface area (TPSA) is 62.3 Å². The second-order valence-electron chi connectivity index (χ2n) is 5.24. The van der Waals surface area contributed by atoms with E-state index in [1.807, 2.05) is 24.3 Å². The Morgan fingerprint density at radius 2 is 2.18 bits per heavy atom. The lowest BCUT2D eigenvalue weighted by molar-refractivity contribution is -0.117. The number of pyridine rings is 1. The Morgan fingerprint density at radius 1 is 1.27 bits per heavy atom. The van der Waals surface area contributed by atoms with Crippen LogP contribution in [0.15, 0.2) is 48.8 Å². The minimum Gasteiger partial charge on any atom is -0.348 e. The van der Waals surface area contributed by atoms with Crippen LogP contribution in [-0.2, 0) is 11.3 Å². The van der Waals surface area contributed by atoms with Gasteiger partial charge in [-0.05, 0) is 36.2 Å². The van der Waals surface area contributed by atoms with Crippen LogP contribution in [0.3, 0.4) is 0 Å². The monoisotopic (exact) mass is 295 g/mol. The van der Waals surface area contributed by atoms with E-state index in [0.717, 1.165) is 24.2 Å². The summed E-state index contributed by atoms with van der Waals surface area (Å²) in [6.07, 6.45) is 4.69. The van der Waals surface area contributed by atoms with Gasteiger partial charge in [0.2, 0.25) is 5.91 Å². The Hall–Kier alpha value is -2.69. The number of nitrogens with zero attached hydrogens (tertiary/aromatic N) is 2. The Balaban J connectivity index is 1.66. The van der Waals surface area contributed by atoms with Crippen molar-refractivity contribution in [2.24, 2.45) is 0 Å². The van der Waals surface area contributed by atoms with Gasteiger partial charge in [-0.1, -0.05) is 12.1 Å². The zero-order chi connectivity index (χ0) is 15.4. The molecule has 112 valence electrons. The van der Waals surface area contributed by atoms with Crippen LogP contribution in [-0.4, -0.2) is 23.3 Å². The number of nitrogens with one attached hydrogen (secondary N) is 1. The molecule has 1 aromatic carbocycles. The molecule has 2 heterocycles. The lowest BCUT2D eigenvalue weighted by Crippen LogP contribution is -2.25. The van der Waals surface area contributed by atoms with E-state index in [4.69, 9.17) is 0 Å². The molecule has 3 rings (SSSR count). The molecule has 22 heavy (non-hydrogen) atoms. The van der Waals surface area contributed by atoms with Crippen LogP contribution >= 0.6 is 0 Å². The van der Waals surface area contributed by atoms with Crippen LogP contribution in [0.4, 0.5) is 5.69 Å². The van der Waals surface area contributed by atoms with E-state index < -0.39 is 0 Å². The number of carbonyl (C=O) groups is 2. The number of carbonyl (C=O) groups excluding carboxylic acids is 2. The maximum absolute atomic E-state index is 12.0. The van der Waals surface area contributed by atoms with Gasteiger partial charge in [-0.25, -0.2) is 0 Å². The minimum absolute atomic E-state index is 0.157. The minimum atomic E-state index is -0.157. The van der Waals surface area contributed by atoms with E-state index in [-0.39, 0.29) is 11.8 Å². The van der Waals surface area contributed by atoms with E-state index in [1.54, 1.807) is 23.2 Å². The summed E-state index contributed by atoms with van der Waals surface area (Å²) in [4.78, 5) is 29.5. The summed E-state index contributed by atoms with van der Waals surface area (Å²) in [7, 11) is 0. The van der Waals surface area contributed by atoms with Crippen LogP contribution in [0.5, 0.6) is 0 Å². The Labute approximate surface area is 129 Å². The van der Waals surface area contributed by atoms with Gasteiger partial charge >= 0.3 is 0 Å². The Kier molecular flexibility index (Phi) is 4.14. The lowest BCUT2D eigenvalue weighted by atomic mass is 10.2. The van der Waals surface area contributed by atoms with E-state index >= 15 is 0 Å². The van der Waals surface area contributed by atoms with E-state index in [9.17, 15) is 9.59 Å². The summed E-state index contributed by atoms with van der Waals surface area (Å²) in [6.45, 7) is 1.19. The number of rotatable bonds is 4. The first-order valence-electron chi connectivity index (χ1n) is 7.31. The summed E-state index contributed by atoms with van der Waals surface area (Å²) in [6, 6.07) is 11.2. The van der Waals surface area contributed by atoms with Crippen molar-refractivity contribution in [3.63, 3.8) is 0 Å². The van der Waals surface area contributed by atoms with Gasteiger partial charge in [0.05, 0.1) is 5.56 Å². The van der Waals surface area contributed by atoms with E-state index in [0.29, 0.717) is 18.5 Å². The molecular weight excluding hydrogens is 278 g/mol. The summed E-state index contributed by atoms with van der Waals surface area (Å²) < 4.78 is 0. The molecule has 0 spiro atoms. The number of hydrogen-bond acceptors (Lipinski definition) is 3. The van der Waals surface area contributed by atoms with Crippen molar-refractivity contribution in [1.29, 1.82) is 0 Å². The summed E-state index contributed by atoms with van der Waals surface area (Å²) in [5.41, 5.74) is 2.40. The van der Waals surface area contributed by atoms with Crippen molar-refractivity contribution in [2.45, 2.75) is 19.4 Å². The number of anilines is 1. The van der Waals surface area contributed by atoms with Gasteiger partial charge in [0.1, 0.15) is 0 Å². The smallest absolute Gasteiger partial charge is 0.253 e. The molecule has 5 nitrogen and oxygen atoms in total. The Bertz CT molecular complexity index is 685. The molecule has 0 unspecified atom stereocenters. The number of aromatic nitrogens is 1. The van der Waals surface area contributed by atoms with Gasteiger partial charge < -0.3 is 10.2 Å². The van der Waals surface area contributed by atoms with Crippen molar-refractivity contribution in [1.82, 2.24) is 10.3 Å². The molecule has 2 aromatic rings. The fraction of sp³-hybridized carbons (Fsp3) is 0.235. The highest BCUT2D eigenvalue weighted by Gasteiger charge is 2.21. The third-order valence-corrected chi connectivity index (χ3v) is 3.67. The molecule has 1 aliphatic heterocycles. The second-order valence-corrected chi connectivity index (χ2v) is 5.24. The summed E-state index contributed by atoms with van der Waals surface area (Å²) >= 11 is 0. The molecular formula is C17H17N3O2. The molecule has 0 radical (unpaired) electrons. The maximum Gasteiger partial charge on any atom is 0.253 e. The van der Waals surface area contributed by atoms with Gasteiger partial charge in [0.25, 0.3) is 5.91 Å². The zero-order valence-corrected chi connectivity index (χ0v) is 12.2. The van der Waals surface area contributed by atoms with Crippen molar-refractivity contribution in [3.05, 3.63) is 59.9 Å². The number of hydrogen-bond donors (Lipinski definition) is 1. The molecule has 1 aromatic heterocycles. The molecule has 0 atom stereocenters. The number of amides is 2. The highest BCUT2D eigenvalue weighted by Crippen LogP contribution is 2.22. The quantitative estimate of drug-likeness (QED) is 0.940. The SMILES string of the molecule is O=C(NCc1cccc(N2CCCC2=O)c1)c1cccnc1. The highest BCUT2D eigenvalue weighted by atomic mass is 16.2. The second kappa shape index (κ2) is 6.39. The third-order valence-electron chi connectivity index (χ3n) is 3.67. The lowest BCUT2D eigenvalue weighted by Gasteiger charge is -2.16. The zero-order valence-electron chi connectivity index (χ0n) is 12.2. The molecule has 1 N–H and O–H groups in total. The van der Waals surface area contributed by atoms with Crippen molar-refractivity contribution in [2.75, 3.05) is 11.4 Å². The fourth-order valence-corrected chi connectivity index (χ4v) is 2.54. The van der Waals surface area contributed by atoms with Crippen LogP contribution in [0.25, 0.3) is 0 Å². The average Bonchev–Trinajstić information content (AvgIpc) is 3.00. The molecule has 1 fully saturated rings. The predicted molar refractivity (Wildman–Crippen MR) is 83.4 cm³/mol. The van der Waals surface area contributed by atoms with E-state index in [1.165, 1.54) is 6.20 Å². The first-order chi connectivity index (χ1) is 10.7. The van der Waals surface area contributed by atoms with Gasteiger partial charge in [0.15, 0.2) is 0 Å². The van der Waals surface area contributed by atoms with Crippen LogP contribution in [0.1, 0.15) is 28.8 Å². The van der Waals surface area contributed by atoms with Crippen LogP contribution in [0.2, 0.25) is 0 Å². The Morgan fingerprint density at radius 3 is 2.91 bits per heavy atom. The molecule has 0 aliphatic carbocycles. The molecule has 1 aliphatic rings. The van der Waals surface area contributed by atoms with Crippen molar-refractivity contribution >= 4 is 17.5 Å². The summed E-state index contributed by atoms with van der Waals surface area (Å²) in [5, 5.41) is 2.86. The fourth-order valence-electron chi connectivity index (χ4n) is 2.54. The van der Waals surface area contributed by atoms with Gasteiger partial charge in [-0.2, -0.15) is 0 Å². The molecule has 0 saturated carbocycles. The largest absolute Gasteiger partial charge is 0.348 e. The molecule has 1 saturated heterocycles. The predicted octanol–water partition coefficient (Wildman–Crippen LogP) is 2.14. The van der Waals surface area contributed by atoms with Gasteiger partial charge in [-0.15, -0.1) is 0 Å². The maximum atomic E-state index is 12.0. The number of benzene rings is 1. The molecule has 5 heteroatoms. The van der Waals surface area contributed by atoms with Gasteiger partial charge in [0, 0.05) is 37.6 Å². The standard InChI is InChI=1S/C17H17N3O2/c21-16-7-3-9-20(16)15-6-1-4-13(10-15)11-19-17(22)14-5-2-8-18-12-14/h1-2,4-6,8,10,12H,3,7,9,11H2,(H,19,22). The first kappa shape index (κ1) is 14.3. The highest BCUT2D eigenvalue weighted by molar-refractivity contribution is 5.95. The average molecular weight is 295 g/mol. The summed E-state index contributed by atoms with van der Waals surface area (Å²) in [5.74, 6) is 0.00676. The van der Waals surface area contributed by atoms with Crippen LogP contribution in [0, 0.1) is 0 Å². The van der Waals surface area contributed by atoms with Crippen LogP contribution < -0.4 is 10.2 Å². The van der Waals surface area contributed by atoms with Gasteiger partial charge in [-0.3, -0.25) is 14.6 Å². The molecule has 0 bridgehead atoms. The van der Waals surface area contributed by atoms with E-state index in [2.05, 4.69) is 10.3 Å². The van der Waals surface area contributed by atoms with Crippen molar-refractivity contribution in [3.8, 4) is 0 Å². The third kappa shape index (κ3) is 3.14. The normalized spacial score (nSPS) is 14.2.